The Hall–Kier alpha value is -1.89. The van der Waals surface area contributed by atoms with Crippen LogP contribution in [0.4, 0.5) is 8.78 Å². The second kappa shape index (κ2) is 10.2. The molecule has 1 aromatic carbocycles. The molecule has 0 radical (unpaired) electrons. The molecule has 5 nitrogen and oxygen atoms in total. The molecule has 0 bridgehead atoms. The molecule has 140 valence electrons. The molecule has 1 atom stereocenters. The van der Waals surface area contributed by atoms with Crippen molar-refractivity contribution in [1.82, 2.24) is 15.5 Å². The summed E-state index contributed by atoms with van der Waals surface area (Å²) >= 11 is 0. The number of guanidine groups is 1. The average molecular weight is 354 g/mol. The highest BCUT2D eigenvalue weighted by molar-refractivity contribution is 5.79. The Morgan fingerprint density at radius 3 is 2.84 bits per heavy atom. The van der Waals surface area contributed by atoms with Crippen LogP contribution in [0.5, 0.6) is 5.75 Å². The highest BCUT2D eigenvalue weighted by Gasteiger charge is 2.22. The van der Waals surface area contributed by atoms with E-state index in [1.165, 1.54) is 18.9 Å². The molecule has 0 spiro atoms. The Morgan fingerprint density at radius 2 is 2.12 bits per heavy atom. The van der Waals surface area contributed by atoms with E-state index in [9.17, 15) is 8.78 Å². The number of benzene rings is 1. The minimum absolute atomic E-state index is 0.171. The number of likely N-dealkylation sites (tertiary alicyclic amines) is 1. The molecule has 7 heteroatoms. The summed E-state index contributed by atoms with van der Waals surface area (Å²) in [5.41, 5.74) is 0.635. The third kappa shape index (κ3) is 6.16. The molecule has 1 saturated heterocycles. The molecule has 0 saturated carbocycles. The summed E-state index contributed by atoms with van der Waals surface area (Å²) < 4.78 is 29.6. The van der Waals surface area contributed by atoms with Gasteiger partial charge in [0, 0.05) is 24.7 Å². The largest absolute Gasteiger partial charge is 0.434 e. The summed E-state index contributed by atoms with van der Waals surface area (Å²) in [6.07, 6.45) is 2.41. The number of para-hydroxylation sites is 1. The lowest BCUT2D eigenvalue weighted by atomic mass is 10.2. The average Bonchev–Trinajstić information content (AvgIpc) is 3.05. The van der Waals surface area contributed by atoms with Gasteiger partial charge in [-0.25, -0.2) is 4.99 Å². The lowest BCUT2D eigenvalue weighted by Crippen LogP contribution is -2.44. The van der Waals surface area contributed by atoms with E-state index in [1.54, 1.807) is 18.2 Å². The molecule has 0 amide bonds. The minimum atomic E-state index is -2.83. The molecule has 1 unspecified atom stereocenters. The van der Waals surface area contributed by atoms with E-state index in [0.29, 0.717) is 17.6 Å². The van der Waals surface area contributed by atoms with Crippen LogP contribution in [0.3, 0.4) is 0 Å². The number of aliphatic imine (C=N–C) groups is 1. The molecule has 1 fully saturated rings. The van der Waals surface area contributed by atoms with Gasteiger partial charge in [0.05, 0.1) is 6.54 Å². The monoisotopic (exact) mass is 354 g/mol. The van der Waals surface area contributed by atoms with E-state index in [0.717, 1.165) is 26.2 Å². The lowest BCUT2D eigenvalue weighted by molar-refractivity contribution is -0.0504. The topological polar surface area (TPSA) is 48.9 Å². The SMILES string of the molecule is CCNC(=NCc1ccccc1OC(F)F)NCC1CCCN1CC. The first-order chi connectivity index (χ1) is 12.1. The minimum Gasteiger partial charge on any atom is -0.434 e. The molecule has 25 heavy (non-hydrogen) atoms. The number of nitrogens with one attached hydrogen (secondary N) is 2. The summed E-state index contributed by atoms with van der Waals surface area (Å²) in [6.45, 7) is 5.39. The van der Waals surface area contributed by atoms with Gasteiger partial charge in [0.15, 0.2) is 5.96 Å². The van der Waals surface area contributed by atoms with Crippen LogP contribution in [-0.2, 0) is 6.54 Å². The van der Waals surface area contributed by atoms with Crippen LogP contribution in [0.2, 0.25) is 0 Å². The number of rotatable bonds is 8. The van der Waals surface area contributed by atoms with Crippen LogP contribution >= 0.6 is 0 Å². The van der Waals surface area contributed by atoms with Crippen molar-refractivity contribution < 1.29 is 13.5 Å². The Bertz CT molecular complexity index is 554. The van der Waals surface area contributed by atoms with E-state index in [2.05, 4.69) is 32.2 Å². The fourth-order valence-corrected chi connectivity index (χ4v) is 3.11. The van der Waals surface area contributed by atoms with Crippen molar-refractivity contribution in [3.8, 4) is 5.75 Å². The standard InChI is InChI=1S/C18H28F2N4O/c1-3-21-18(23-13-15-9-7-11-24(15)4-2)22-12-14-8-5-6-10-16(14)25-17(19)20/h5-6,8,10,15,17H,3-4,7,9,11-13H2,1-2H3,(H2,21,22,23). The molecule has 0 aliphatic carbocycles. The van der Waals surface area contributed by atoms with Crippen LogP contribution < -0.4 is 15.4 Å². The zero-order valence-corrected chi connectivity index (χ0v) is 15.0. The normalized spacial score (nSPS) is 18.6. The van der Waals surface area contributed by atoms with Crippen LogP contribution in [-0.4, -0.2) is 49.7 Å². The quantitative estimate of drug-likeness (QED) is 0.557. The molecule has 1 heterocycles. The van der Waals surface area contributed by atoms with Crippen molar-refractivity contribution >= 4 is 5.96 Å². The molecule has 0 aromatic heterocycles. The van der Waals surface area contributed by atoms with Crippen molar-refractivity contribution in [1.29, 1.82) is 0 Å². The van der Waals surface area contributed by atoms with Crippen molar-refractivity contribution in [3.05, 3.63) is 29.8 Å². The number of likely N-dealkylation sites (N-methyl/N-ethyl adjacent to an activating group) is 1. The predicted octanol–water partition coefficient (Wildman–Crippen LogP) is 2.83. The van der Waals surface area contributed by atoms with Crippen LogP contribution in [0.25, 0.3) is 0 Å². The number of nitrogens with zero attached hydrogens (tertiary/aromatic N) is 2. The van der Waals surface area contributed by atoms with Gasteiger partial charge in [-0.3, -0.25) is 4.90 Å². The fraction of sp³-hybridized carbons (Fsp3) is 0.611. The summed E-state index contributed by atoms with van der Waals surface area (Å²) in [5.74, 6) is 0.863. The van der Waals surface area contributed by atoms with E-state index in [4.69, 9.17) is 0 Å². The summed E-state index contributed by atoms with van der Waals surface area (Å²) in [4.78, 5) is 6.98. The molecule has 1 aliphatic heterocycles. The fourth-order valence-electron chi connectivity index (χ4n) is 3.11. The zero-order valence-electron chi connectivity index (χ0n) is 15.0. The number of hydrogen-bond donors (Lipinski definition) is 2. The molecule has 1 aromatic rings. The first-order valence-electron chi connectivity index (χ1n) is 8.93. The number of alkyl halides is 2. The van der Waals surface area contributed by atoms with Gasteiger partial charge < -0.3 is 15.4 Å². The summed E-state index contributed by atoms with van der Waals surface area (Å²) in [6, 6.07) is 7.27. The van der Waals surface area contributed by atoms with Crippen molar-refractivity contribution in [3.63, 3.8) is 0 Å². The molecule has 1 aliphatic rings. The maximum Gasteiger partial charge on any atom is 0.387 e. The second-order valence-corrected chi connectivity index (χ2v) is 5.99. The van der Waals surface area contributed by atoms with Crippen LogP contribution in [0.1, 0.15) is 32.3 Å². The molecular weight excluding hydrogens is 326 g/mol. The van der Waals surface area contributed by atoms with Gasteiger partial charge in [-0.1, -0.05) is 25.1 Å². The van der Waals surface area contributed by atoms with E-state index >= 15 is 0 Å². The predicted molar refractivity (Wildman–Crippen MR) is 96.2 cm³/mol. The maximum absolute atomic E-state index is 12.5. The van der Waals surface area contributed by atoms with Crippen LogP contribution in [0.15, 0.2) is 29.3 Å². The molecular formula is C18H28F2N4O. The number of hydrogen-bond acceptors (Lipinski definition) is 3. The van der Waals surface area contributed by atoms with Gasteiger partial charge in [-0.2, -0.15) is 8.78 Å². The third-order valence-corrected chi connectivity index (χ3v) is 4.35. The van der Waals surface area contributed by atoms with Gasteiger partial charge in [0.1, 0.15) is 5.75 Å². The van der Waals surface area contributed by atoms with E-state index in [-0.39, 0.29) is 12.3 Å². The summed E-state index contributed by atoms with van der Waals surface area (Å²) in [5, 5.41) is 6.57. The number of halogens is 2. The maximum atomic E-state index is 12.5. The van der Waals surface area contributed by atoms with Crippen molar-refractivity contribution in [2.45, 2.75) is 45.9 Å². The lowest BCUT2D eigenvalue weighted by Gasteiger charge is -2.24. The smallest absolute Gasteiger partial charge is 0.387 e. The van der Waals surface area contributed by atoms with Gasteiger partial charge in [0.25, 0.3) is 0 Å². The van der Waals surface area contributed by atoms with Gasteiger partial charge in [-0.05, 0) is 38.9 Å². The van der Waals surface area contributed by atoms with Gasteiger partial charge >= 0.3 is 6.61 Å². The first-order valence-corrected chi connectivity index (χ1v) is 8.93. The van der Waals surface area contributed by atoms with Gasteiger partial charge in [-0.15, -0.1) is 0 Å². The number of ether oxygens (including phenoxy) is 1. The Kier molecular flexibility index (Phi) is 7.91. The van der Waals surface area contributed by atoms with Crippen LogP contribution in [0, 0.1) is 0 Å². The Balaban J connectivity index is 1.97. The molecule has 2 N–H and O–H groups in total. The third-order valence-electron chi connectivity index (χ3n) is 4.35. The zero-order chi connectivity index (χ0) is 18.1. The van der Waals surface area contributed by atoms with E-state index < -0.39 is 6.61 Å². The van der Waals surface area contributed by atoms with E-state index in [1.807, 2.05) is 6.92 Å². The Morgan fingerprint density at radius 1 is 1.32 bits per heavy atom. The Labute approximate surface area is 148 Å². The van der Waals surface area contributed by atoms with Crippen molar-refractivity contribution in [2.24, 2.45) is 4.99 Å². The molecule has 2 rings (SSSR count). The summed E-state index contributed by atoms with van der Waals surface area (Å²) in [7, 11) is 0. The highest BCUT2D eigenvalue weighted by atomic mass is 19.3. The van der Waals surface area contributed by atoms with Gasteiger partial charge in [0.2, 0.25) is 0 Å². The van der Waals surface area contributed by atoms with Crippen molar-refractivity contribution in [2.75, 3.05) is 26.2 Å². The first kappa shape index (κ1) is 19.4. The highest BCUT2D eigenvalue weighted by Crippen LogP contribution is 2.21. The second-order valence-electron chi connectivity index (χ2n) is 5.99.